The summed E-state index contributed by atoms with van der Waals surface area (Å²) in [6.07, 6.45) is 1.45. The van der Waals surface area contributed by atoms with E-state index in [2.05, 4.69) is 15.6 Å². The Labute approximate surface area is 124 Å². The predicted molar refractivity (Wildman–Crippen MR) is 81.2 cm³/mol. The van der Waals surface area contributed by atoms with Crippen LogP contribution < -0.4 is 0 Å². The van der Waals surface area contributed by atoms with E-state index in [9.17, 15) is 4.79 Å². The number of imidazole rings is 1. The minimum Gasteiger partial charge on any atom is -0.384 e. The molecule has 1 aliphatic rings. The van der Waals surface area contributed by atoms with Gasteiger partial charge in [-0.2, -0.15) is 0 Å². The molecule has 0 bridgehead atoms. The first-order valence-corrected chi connectivity index (χ1v) is 7.41. The van der Waals surface area contributed by atoms with Gasteiger partial charge in [0.05, 0.1) is 30.1 Å². The Balaban J connectivity index is 1.79. The molecule has 1 atom stereocenters. The molecule has 5 heteroatoms. The molecule has 1 aromatic carbocycles. The molecule has 0 unspecified atom stereocenters. The van der Waals surface area contributed by atoms with Crippen LogP contribution in [0.1, 0.15) is 24.7 Å². The fraction of sp³-hybridized carbons (Fsp3) is 0.500. The highest BCUT2D eigenvalue weighted by atomic mass is 16.5. The zero-order valence-electron chi connectivity index (χ0n) is 12.6. The standard InChI is InChI=1S/C16H21N3O2/c1-12-17-14-5-3-4-6-15(14)19(12)13-7-9-18(11-13)16(20)8-10-21-2/h3-6,13H,7-11H2,1-2H3/t13-/m0/s1. The van der Waals surface area contributed by atoms with Crippen LogP contribution in [0, 0.1) is 6.92 Å². The third kappa shape index (κ3) is 2.65. The summed E-state index contributed by atoms with van der Waals surface area (Å²) in [6, 6.07) is 8.51. The van der Waals surface area contributed by atoms with Crippen molar-refractivity contribution >= 4 is 16.9 Å². The minimum absolute atomic E-state index is 0.182. The van der Waals surface area contributed by atoms with E-state index in [-0.39, 0.29) is 5.91 Å². The predicted octanol–water partition coefficient (Wildman–Crippen LogP) is 2.15. The van der Waals surface area contributed by atoms with Gasteiger partial charge in [0.1, 0.15) is 5.82 Å². The van der Waals surface area contributed by atoms with Gasteiger partial charge >= 0.3 is 0 Å². The molecule has 0 N–H and O–H groups in total. The van der Waals surface area contributed by atoms with Gasteiger partial charge in [0.25, 0.3) is 0 Å². The highest BCUT2D eigenvalue weighted by Gasteiger charge is 2.28. The second-order valence-corrected chi connectivity index (χ2v) is 5.54. The number of aryl methyl sites for hydroxylation is 1. The number of carbonyl (C=O) groups excluding carboxylic acids is 1. The summed E-state index contributed by atoms with van der Waals surface area (Å²) in [7, 11) is 1.63. The number of methoxy groups -OCH3 is 1. The second kappa shape index (κ2) is 5.85. The number of fused-ring (bicyclic) bond motifs is 1. The lowest BCUT2D eigenvalue weighted by Crippen LogP contribution is -2.29. The van der Waals surface area contributed by atoms with Crippen LogP contribution in [0.5, 0.6) is 0 Å². The summed E-state index contributed by atoms with van der Waals surface area (Å²) in [5.41, 5.74) is 2.19. The summed E-state index contributed by atoms with van der Waals surface area (Å²) >= 11 is 0. The van der Waals surface area contributed by atoms with E-state index in [1.54, 1.807) is 7.11 Å². The minimum atomic E-state index is 0.182. The monoisotopic (exact) mass is 287 g/mol. The summed E-state index contributed by atoms with van der Waals surface area (Å²) in [4.78, 5) is 18.6. The average molecular weight is 287 g/mol. The lowest BCUT2D eigenvalue weighted by molar-refractivity contribution is -0.131. The van der Waals surface area contributed by atoms with Crippen LogP contribution in [0.4, 0.5) is 0 Å². The molecule has 2 aromatic rings. The van der Waals surface area contributed by atoms with E-state index < -0.39 is 0 Å². The highest BCUT2D eigenvalue weighted by Crippen LogP contribution is 2.28. The third-order valence-electron chi connectivity index (χ3n) is 4.17. The first kappa shape index (κ1) is 14.1. The van der Waals surface area contributed by atoms with Crippen molar-refractivity contribution in [2.45, 2.75) is 25.8 Å². The van der Waals surface area contributed by atoms with Crippen LogP contribution in [0.3, 0.4) is 0 Å². The van der Waals surface area contributed by atoms with Gasteiger partial charge in [-0.3, -0.25) is 4.79 Å². The number of ether oxygens (including phenoxy) is 1. The maximum atomic E-state index is 12.1. The molecule has 1 amide bonds. The number of rotatable bonds is 4. The van der Waals surface area contributed by atoms with Crippen molar-refractivity contribution in [1.29, 1.82) is 0 Å². The Bertz CT molecular complexity index is 650. The first-order valence-electron chi connectivity index (χ1n) is 7.41. The van der Waals surface area contributed by atoms with Crippen molar-refractivity contribution in [3.05, 3.63) is 30.1 Å². The Hall–Kier alpha value is -1.88. The Kier molecular flexibility index (Phi) is 3.92. The molecular formula is C16H21N3O2. The van der Waals surface area contributed by atoms with Crippen molar-refractivity contribution < 1.29 is 9.53 Å². The molecule has 21 heavy (non-hydrogen) atoms. The number of likely N-dealkylation sites (tertiary alicyclic amines) is 1. The molecular weight excluding hydrogens is 266 g/mol. The van der Waals surface area contributed by atoms with Gasteiger partial charge in [0, 0.05) is 20.2 Å². The van der Waals surface area contributed by atoms with Crippen LogP contribution in [0.25, 0.3) is 11.0 Å². The number of nitrogens with zero attached hydrogens (tertiary/aromatic N) is 3. The number of carbonyl (C=O) groups is 1. The van der Waals surface area contributed by atoms with E-state index in [0.29, 0.717) is 19.1 Å². The van der Waals surface area contributed by atoms with Gasteiger partial charge in [-0.05, 0) is 25.5 Å². The van der Waals surface area contributed by atoms with Gasteiger partial charge in [-0.1, -0.05) is 12.1 Å². The van der Waals surface area contributed by atoms with Crippen molar-refractivity contribution in [2.75, 3.05) is 26.8 Å². The highest BCUT2D eigenvalue weighted by molar-refractivity contribution is 5.77. The Morgan fingerprint density at radius 1 is 1.43 bits per heavy atom. The number of benzene rings is 1. The zero-order valence-corrected chi connectivity index (χ0v) is 12.6. The van der Waals surface area contributed by atoms with Crippen molar-refractivity contribution in [2.24, 2.45) is 0 Å². The molecule has 1 fully saturated rings. The lowest BCUT2D eigenvalue weighted by atomic mass is 10.2. The average Bonchev–Trinajstić information content (AvgIpc) is 3.07. The molecule has 0 radical (unpaired) electrons. The summed E-state index contributed by atoms with van der Waals surface area (Å²) in [6.45, 7) is 4.12. The number of hydrogen-bond acceptors (Lipinski definition) is 3. The number of aromatic nitrogens is 2. The lowest BCUT2D eigenvalue weighted by Gasteiger charge is -2.18. The van der Waals surface area contributed by atoms with E-state index in [4.69, 9.17) is 4.74 Å². The summed E-state index contributed by atoms with van der Waals surface area (Å²) < 4.78 is 7.26. The zero-order chi connectivity index (χ0) is 14.8. The molecule has 5 nitrogen and oxygen atoms in total. The third-order valence-corrected chi connectivity index (χ3v) is 4.17. The van der Waals surface area contributed by atoms with Gasteiger partial charge in [-0.25, -0.2) is 4.98 Å². The summed E-state index contributed by atoms with van der Waals surface area (Å²) in [5, 5.41) is 0. The van der Waals surface area contributed by atoms with E-state index in [0.717, 1.165) is 36.4 Å². The molecule has 3 rings (SSSR count). The molecule has 0 spiro atoms. The van der Waals surface area contributed by atoms with Gasteiger partial charge in [-0.15, -0.1) is 0 Å². The van der Waals surface area contributed by atoms with Crippen LogP contribution in [-0.4, -0.2) is 47.2 Å². The van der Waals surface area contributed by atoms with Crippen LogP contribution >= 0.6 is 0 Å². The fourth-order valence-corrected chi connectivity index (χ4v) is 3.15. The van der Waals surface area contributed by atoms with Gasteiger partial charge < -0.3 is 14.2 Å². The van der Waals surface area contributed by atoms with Gasteiger partial charge in [0.2, 0.25) is 5.91 Å². The molecule has 0 aliphatic carbocycles. The smallest absolute Gasteiger partial charge is 0.224 e. The normalized spacial score (nSPS) is 18.6. The summed E-state index contributed by atoms with van der Waals surface area (Å²) in [5.74, 6) is 1.20. The molecule has 0 saturated carbocycles. The van der Waals surface area contributed by atoms with Crippen molar-refractivity contribution in [3.8, 4) is 0 Å². The molecule has 112 valence electrons. The van der Waals surface area contributed by atoms with Crippen molar-refractivity contribution in [3.63, 3.8) is 0 Å². The maximum Gasteiger partial charge on any atom is 0.224 e. The Morgan fingerprint density at radius 3 is 3.05 bits per heavy atom. The maximum absolute atomic E-state index is 12.1. The van der Waals surface area contributed by atoms with E-state index >= 15 is 0 Å². The van der Waals surface area contributed by atoms with Crippen molar-refractivity contribution in [1.82, 2.24) is 14.5 Å². The van der Waals surface area contributed by atoms with E-state index in [1.807, 2.05) is 30.0 Å². The molecule has 2 heterocycles. The van der Waals surface area contributed by atoms with Crippen LogP contribution in [0.2, 0.25) is 0 Å². The number of para-hydroxylation sites is 2. The van der Waals surface area contributed by atoms with E-state index in [1.165, 1.54) is 0 Å². The quantitative estimate of drug-likeness (QED) is 0.865. The largest absolute Gasteiger partial charge is 0.384 e. The SMILES string of the molecule is COCCC(=O)N1CC[C@H](n2c(C)nc3ccccc32)C1. The second-order valence-electron chi connectivity index (χ2n) is 5.54. The molecule has 1 aliphatic heterocycles. The molecule has 1 aromatic heterocycles. The fourth-order valence-electron chi connectivity index (χ4n) is 3.15. The number of hydrogen-bond donors (Lipinski definition) is 0. The molecule has 1 saturated heterocycles. The Morgan fingerprint density at radius 2 is 2.24 bits per heavy atom. The van der Waals surface area contributed by atoms with Gasteiger partial charge in [0.15, 0.2) is 0 Å². The van der Waals surface area contributed by atoms with Crippen LogP contribution in [-0.2, 0) is 9.53 Å². The topological polar surface area (TPSA) is 47.4 Å². The first-order chi connectivity index (χ1) is 10.2. The number of amides is 1. The van der Waals surface area contributed by atoms with Crippen LogP contribution in [0.15, 0.2) is 24.3 Å².